The van der Waals surface area contributed by atoms with Gasteiger partial charge < -0.3 is 4.74 Å². The SMILES string of the molecule is CCOC(=O)c1cccc(C(C)c2cncc3ccccc23)c1. The highest BCUT2D eigenvalue weighted by molar-refractivity contribution is 5.90. The summed E-state index contributed by atoms with van der Waals surface area (Å²) in [6.45, 7) is 4.33. The molecule has 0 fully saturated rings. The number of benzene rings is 2. The van der Waals surface area contributed by atoms with E-state index in [9.17, 15) is 4.79 Å². The van der Waals surface area contributed by atoms with Crippen LogP contribution in [0, 0.1) is 0 Å². The Morgan fingerprint density at radius 1 is 1.13 bits per heavy atom. The van der Waals surface area contributed by atoms with Crippen molar-refractivity contribution in [2.24, 2.45) is 0 Å². The Morgan fingerprint density at radius 2 is 1.96 bits per heavy atom. The number of carbonyl (C=O) groups is 1. The molecule has 0 aliphatic rings. The van der Waals surface area contributed by atoms with Crippen LogP contribution in [0.4, 0.5) is 0 Å². The molecule has 1 atom stereocenters. The lowest BCUT2D eigenvalue weighted by Crippen LogP contribution is -2.06. The van der Waals surface area contributed by atoms with Gasteiger partial charge in [-0.05, 0) is 35.6 Å². The summed E-state index contributed by atoms with van der Waals surface area (Å²) < 4.78 is 5.09. The van der Waals surface area contributed by atoms with E-state index in [-0.39, 0.29) is 11.9 Å². The standard InChI is InChI=1S/C20H19NO2/c1-3-23-20(22)16-9-6-8-15(11-16)14(2)19-13-21-12-17-7-4-5-10-18(17)19/h4-14H,3H2,1-2H3. The number of fused-ring (bicyclic) bond motifs is 1. The number of hydrogen-bond donors (Lipinski definition) is 0. The van der Waals surface area contributed by atoms with Gasteiger partial charge in [-0.3, -0.25) is 4.98 Å². The van der Waals surface area contributed by atoms with E-state index in [0.29, 0.717) is 12.2 Å². The van der Waals surface area contributed by atoms with Crippen molar-refractivity contribution in [2.45, 2.75) is 19.8 Å². The summed E-state index contributed by atoms with van der Waals surface area (Å²) in [5, 5.41) is 2.31. The normalized spacial score (nSPS) is 12.1. The summed E-state index contributed by atoms with van der Waals surface area (Å²) >= 11 is 0. The smallest absolute Gasteiger partial charge is 0.338 e. The fraction of sp³-hybridized carbons (Fsp3) is 0.200. The molecule has 0 radical (unpaired) electrons. The predicted molar refractivity (Wildman–Crippen MR) is 91.7 cm³/mol. The lowest BCUT2D eigenvalue weighted by molar-refractivity contribution is 0.0526. The third-order valence-corrected chi connectivity index (χ3v) is 4.06. The second-order valence-corrected chi connectivity index (χ2v) is 5.52. The zero-order valence-electron chi connectivity index (χ0n) is 13.3. The minimum absolute atomic E-state index is 0.142. The maximum absolute atomic E-state index is 11.9. The van der Waals surface area contributed by atoms with Gasteiger partial charge in [-0.15, -0.1) is 0 Å². The van der Waals surface area contributed by atoms with Gasteiger partial charge in [0.05, 0.1) is 12.2 Å². The molecule has 0 saturated heterocycles. The molecule has 3 nitrogen and oxygen atoms in total. The molecule has 1 aromatic heterocycles. The molecule has 0 aliphatic carbocycles. The van der Waals surface area contributed by atoms with E-state index in [2.05, 4.69) is 24.0 Å². The number of esters is 1. The fourth-order valence-corrected chi connectivity index (χ4v) is 2.81. The van der Waals surface area contributed by atoms with Crippen LogP contribution in [0.5, 0.6) is 0 Å². The first-order valence-corrected chi connectivity index (χ1v) is 7.80. The second-order valence-electron chi connectivity index (χ2n) is 5.52. The summed E-state index contributed by atoms with van der Waals surface area (Å²) in [6.07, 6.45) is 3.78. The molecule has 3 heteroatoms. The third-order valence-electron chi connectivity index (χ3n) is 4.06. The van der Waals surface area contributed by atoms with E-state index in [1.807, 2.05) is 49.6 Å². The number of pyridine rings is 1. The van der Waals surface area contributed by atoms with Crippen LogP contribution in [-0.2, 0) is 4.74 Å². The topological polar surface area (TPSA) is 39.2 Å². The number of nitrogens with zero attached hydrogens (tertiary/aromatic N) is 1. The number of rotatable bonds is 4. The molecular formula is C20H19NO2. The van der Waals surface area contributed by atoms with Crippen molar-refractivity contribution in [1.29, 1.82) is 0 Å². The van der Waals surface area contributed by atoms with Gasteiger partial charge in [0, 0.05) is 23.7 Å². The maximum Gasteiger partial charge on any atom is 0.338 e. The molecule has 1 unspecified atom stereocenters. The molecule has 0 spiro atoms. The van der Waals surface area contributed by atoms with Gasteiger partial charge in [0.2, 0.25) is 0 Å². The highest BCUT2D eigenvalue weighted by Crippen LogP contribution is 2.30. The Hall–Kier alpha value is -2.68. The lowest BCUT2D eigenvalue weighted by Gasteiger charge is -2.15. The molecular weight excluding hydrogens is 286 g/mol. The molecule has 0 saturated carbocycles. The molecule has 2 aromatic carbocycles. The van der Waals surface area contributed by atoms with Crippen molar-refractivity contribution in [3.05, 3.63) is 77.6 Å². The van der Waals surface area contributed by atoms with Crippen molar-refractivity contribution in [1.82, 2.24) is 4.98 Å². The van der Waals surface area contributed by atoms with E-state index >= 15 is 0 Å². The van der Waals surface area contributed by atoms with Gasteiger partial charge in [-0.1, -0.05) is 43.3 Å². The maximum atomic E-state index is 11.9. The average Bonchev–Trinajstić information content (AvgIpc) is 2.61. The van der Waals surface area contributed by atoms with Gasteiger partial charge in [0.15, 0.2) is 0 Å². The summed E-state index contributed by atoms with van der Waals surface area (Å²) in [7, 11) is 0. The van der Waals surface area contributed by atoms with Crippen LogP contribution in [0.3, 0.4) is 0 Å². The number of hydrogen-bond acceptors (Lipinski definition) is 3. The molecule has 3 rings (SSSR count). The Balaban J connectivity index is 2.01. The first-order valence-electron chi connectivity index (χ1n) is 7.80. The van der Waals surface area contributed by atoms with Gasteiger partial charge in [-0.25, -0.2) is 4.79 Å². The van der Waals surface area contributed by atoms with E-state index in [1.54, 1.807) is 6.07 Å². The van der Waals surface area contributed by atoms with Crippen molar-refractivity contribution < 1.29 is 9.53 Å². The highest BCUT2D eigenvalue weighted by Gasteiger charge is 2.14. The molecule has 0 bridgehead atoms. The Morgan fingerprint density at radius 3 is 2.78 bits per heavy atom. The third kappa shape index (κ3) is 3.09. The van der Waals surface area contributed by atoms with Crippen LogP contribution in [0.2, 0.25) is 0 Å². The van der Waals surface area contributed by atoms with Crippen molar-refractivity contribution in [2.75, 3.05) is 6.61 Å². The van der Waals surface area contributed by atoms with E-state index in [0.717, 1.165) is 16.5 Å². The molecule has 116 valence electrons. The highest BCUT2D eigenvalue weighted by atomic mass is 16.5. The van der Waals surface area contributed by atoms with Gasteiger partial charge in [-0.2, -0.15) is 0 Å². The Kier molecular flexibility index (Phi) is 4.38. The summed E-state index contributed by atoms with van der Waals surface area (Å²) in [5.74, 6) is -0.138. The molecule has 0 aliphatic heterocycles. The molecule has 0 amide bonds. The first-order chi connectivity index (χ1) is 11.2. The molecule has 0 N–H and O–H groups in total. The van der Waals surface area contributed by atoms with E-state index in [1.165, 1.54) is 5.39 Å². The summed E-state index contributed by atoms with van der Waals surface area (Å²) in [6, 6.07) is 15.9. The monoisotopic (exact) mass is 305 g/mol. The van der Waals surface area contributed by atoms with Crippen molar-refractivity contribution >= 4 is 16.7 Å². The van der Waals surface area contributed by atoms with Crippen molar-refractivity contribution in [3.8, 4) is 0 Å². The minimum Gasteiger partial charge on any atom is -0.462 e. The van der Waals surface area contributed by atoms with Gasteiger partial charge >= 0.3 is 5.97 Å². The van der Waals surface area contributed by atoms with Gasteiger partial charge in [0.1, 0.15) is 0 Å². The minimum atomic E-state index is -0.280. The zero-order valence-corrected chi connectivity index (χ0v) is 13.3. The first kappa shape index (κ1) is 15.2. The number of aromatic nitrogens is 1. The summed E-state index contributed by atoms with van der Waals surface area (Å²) in [5.41, 5.74) is 2.82. The van der Waals surface area contributed by atoms with Crippen LogP contribution in [0.1, 0.15) is 41.3 Å². The Labute approximate surface area is 135 Å². The van der Waals surface area contributed by atoms with E-state index < -0.39 is 0 Å². The fourth-order valence-electron chi connectivity index (χ4n) is 2.81. The van der Waals surface area contributed by atoms with Crippen molar-refractivity contribution in [3.63, 3.8) is 0 Å². The number of ether oxygens (including phenoxy) is 1. The molecule has 23 heavy (non-hydrogen) atoms. The van der Waals surface area contributed by atoms with Gasteiger partial charge in [0.25, 0.3) is 0 Å². The zero-order chi connectivity index (χ0) is 16.2. The van der Waals surface area contributed by atoms with Crippen LogP contribution >= 0.6 is 0 Å². The predicted octanol–water partition coefficient (Wildman–Crippen LogP) is 4.56. The van der Waals surface area contributed by atoms with Crippen LogP contribution in [0.25, 0.3) is 10.8 Å². The Bertz CT molecular complexity index is 836. The molecule has 3 aromatic rings. The lowest BCUT2D eigenvalue weighted by atomic mass is 9.90. The quantitative estimate of drug-likeness (QED) is 0.663. The van der Waals surface area contributed by atoms with Crippen LogP contribution < -0.4 is 0 Å². The molecule has 1 heterocycles. The largest absolute Gasteiger partial charge is 0.462 e. The van der Waals surface area contributed by atoms with Crippen LogP contribution in [0.15, 0.2) is 60.9 Å². The van der Waals surface area contributed by atoms with Crippen LogP contribution in [-0.4, -0.2) is 17.6 Å². The van der Waals surface area contributed by atoms with E-state index in [4.69, 9.17) is 4.74 Å². The number of carbonyl (C=O) groups excluding carboxylic acids is 1. The summed E-state index contributed by atoms with van der Waals surface area (Å²) in [4.78, 5) is 16.3. The second kappa shape index (κ2) is 6.61. The average molecular weight is 305 g/mol.